The van der Waals surface area contributed by atoms with Gasteiger partial charge in [0.15, 0.2) is 0 Å². The van der Waals surface area contributed by atoms with Crippen molar-refractivity contribution in [2.75, 3.05) is 13.7 Å². The number of primary amides is 1. The Morgan fingerprint density at radius 1 is 1.69 bits per heavy atom. The van der Waals surface area contributed by atoms with Crippen molar-refractivity contribution in [3.8, 4) is 0 Å². The Kier molecular flexibility index (Phi) is 5.45. The second-order valence-corrected chi connectivity index (χ2v) is 4.59. The Bertz CT molecular complexity index is 314. The minimum Gasteiger partial charge on any atom is -0.383 e. The van der Waals surface area contributed by atoms with Gasteiger partial charge >= 0.3 is 0 Å². The van der Waals surface area contributed by atoms with Crippen molar-refractivity contribution >= 4 is 17.2 Å². The molecule has 0 aliphatic rings. The molecule has 90 valence electrons. The van der Waals surface area contributed by atoms with E-state index in [0.717, 1.165) is 6.42 Å². The van der Waals surface area contributed by atoms with E-state index in [1.54, 1.807) is 18.4 Å². The number of carbonyl (C=O) groups is 1. The first kappa shape index (κ1) is 13.2. The fourth-order valence-electron chi connectivity index (χ4n) is 1.54. The lowest BCUT2D eigenvalue weighted by atomic mass is 10.1. The minimum atomic E-state index is -0.418. The van der Waals surface area contributed by atoms with E-state index in [0.29, 0.717) is 6.61 Å². The Balaban J connectivity index is 2.42. The second-order valence-electron chi connectivity index (χ2n) is 3.81. The van der Waals surface area contributed by atoms with Crippen LogP contribution in [0.25, 0.3) is 0 Å². The van der Waals surface area contributed by atoms with Crippen LogP contribution >= 0.6 is 11.3 Å². The molecule has 0 saturated carbocycles. The third-order valence-corrected chi connectivity index (χ3v) is 3.02. The van der Waals surface area contributed by atoms with Crippen molar-refractivity contribution in [2.45, 2.75) is 25.4 Å². The second kappa shape index (κ2) is 6.62. The lowest BCUT2D eigenvalue weighted by Crippen LogP contribution is -2.48. The molecule has 0 aromatic carbocycles. The zero-order valence-corrected chi connectivity index (χ0v) is 10.4. The highest BCUT2D eigenvalue weighted by Crippen LogP contribution is 2.08. The molecule has 1 aromatic heterocycles. The Morgan fingerprint density at radius 2 is 2.44 bits per heavy atom. The zero-order chi connectivity index (χ0) is 12.0. The number of ether oxygens (including phenoxy) is 1. The fraction of sp³-hybridized carbons (Fsp3) is 0.545. The van der Waals surface area contributed by atoms with Crippen molar-refractivity contribution in [3.63, 3.8) is 0 Å². The number of hydrogen-bond acceptors (Lipinski definition) is 4. The van der Waals surface area contributed by atoms with Crippen molar-refractivity contribution in [1.29, 1.82) is 0 Å². The van der Waals surface area contributed by atoms with Gasteiger partial charge in [-0.25, -0.2) is 0 Å². The van der Waals surface area contributed by atoms with Crippen LogP contribution in [0.1, 0.15) is 12.5 Å². The van der Waals surface area contributed by atoms with Crippen LogP contribution in [0.2, 0.25) is 0 Å². The summed E-state index contributed by atoms with van der Waals surface area (Å²) in [5, 5.41) is 7.31. The molecule has 0 radical (unpaired) electrons. The monoisotopic (exact) mass is 242 g/mol. The number of hydrogen-bond donors (Lipinski definition) is 2. The van der Waals surface area contributed by atoms with E-state index in [1.807, 2.05) is 12.3 Å². The summed E-state index contributed by atoms with van der Waals surface area (Å²) in [4.78, 5) is 11.1. The van der Waals surface area contributed by atoms with Crippen molar-refractivity contribution < 1.29 is 9.53 Å². The molecular formula is C11H18N2O2S. The molecule has 3 N–H and O–H groups in total. The molecule has 0 aliphatic carbocycles. The maximum atomic E-state index is 11.1. The predicted molar refractivity (Wildman–Crippen MR) is 65.5 cm³/mol. The van der Waals surface area contributed by atoms with Crippen molar-refractivity contribution in [1.82, 2.24) is 5.32 Å². The van der Waals surface area contributed by atoms with Crippen LogP contribution in [0.3, 0.4) is 0 Å². The molecule has 4 nitrogen and oxygen atoms in total. The number of nitrogens with one attached hydrogen (secondary N) is 1. The van der Waals surface area contributed by atoms with Gasteiger partial charge in [-0.2, -0.15) is 11.3 Å². The van der Waals surface area contributed by atoms with E-state index < -0.39 is 6.04 Å². The van der Waals surface area contributed by atoms with E-state index in [1.165, 1.54) is 5.56 Å². The van der Waals surface area contributed by atoms with Gasteiger partial charge in [-0.15, -0.1) is 0 Å². The smallest absolute Gasteiger partial charge is 0.236 e. The molecular weight excluding hydrogens is 224 g/mol. The highest BCUT2D eigenvalue weighted by atomic mass is 32.1. The summed E-state index contributed by atoms with van der Waals surface area (Å²) in [6.07, 6.45) is 0.886. The first-order valence-electron chi connectivity index (χ1n) is 5.19. The van der Waals surface area contributed by atoms with Crippen LogP contribution in [-0.4, -0.2) is 31.7 Å². The lowest BCUT2D eigenvalue weighted by Gasteiger charge is -2.19. The third-order valence-electron chi connectivity index (χ3n) is 2.28. The Morgan fingerprint density at radius 3 is 2.94 bits per heavy atom. The molecule has 1 aromatic rings. The summed E-state index contributed by atoms with van der Waals surface area (Å²) in [5.41, 5.74) is 6.53. The van der Waals surface area contributed by atoms with Gasteiger partial charge in [0.2, 0.25) is 5.91 Å². The average Bonchev–Trinajstić information content (AvgIpc) is 2.69. The molecule has 0 fully saturated rings. The molecule has 1 heterocycles. The molecule has 16 heavy (non-hydrogen) atoms. The van der Waals surface area contributed by atoms with E-state index in [9.17, 15) is 4.79 Å². The van der Waals surface area contributed by atoms with E-state index in [2.05, 4.69) is 16.8 Å². The quantitative estimate of drug-likeness (QED) is 0.742. The Labute approximate surface area is 99.8 Å². The largest absolute Gasteiger partial charge is 0.383 e. The highest BCUT2D eigenvalue weighted by Gasteiger charge is 2.17. The Hall–Kier alpha value is -0.910. The van der Waals surface area contributed by atoms with E-state index >= 15 is 0 Å². The van der Waals surface area contributed by atoms with Gasteiger partial charge in [-0.05, 0) is 35.7 Å². The SMILES string of the molecule is COCC(NC(C)Cc1ccsc1)C(N)=O. The average molecular weight is 242 g/mol. The first-order chi connectivity index (χ1) is 7.63. The summed E-state index contributed by atoms with van der Waals surface area (Å²) < 4.78 is 4.94. The van der Waals surface area contributed by atoms with Crippen LogP contribution < -0.4 is 11.1 Å². The molecule has 2 atom stereocenters. The maximum Gasteiger partial charge on any atom is 0.236 e. The van der Waals surface area contributed by atoms with Crippen molar-refractivity contribution in [3.05, 3.63) is 22.4 Å². The van der Waals surface area contributed by atoms with Gasteiger partial charge in [0.1, 0.15) is 6.04 Å². The summed E-state index contributed by atoms with van der Waals surface area (Å²) in [6, 6.07) is 1.86. The topological polar surface area (TPSA) is 64.3 Å². The minimum absolute atomic E-state index is 0.197. The number of nitrogens with two attached hydrogens (primary N) is 1. The van der Waals surface area contributed by atoms with Crippen LogP contribution in [0.15, 0.2) is 16.8 Å². The fourth-order valence-corrected chi connectivity index (χ4v) is 2.23. The molecule has 0 spiro atoms. The van der Waals surface area contributed by atoms with Gasteiger partial charge in [-0.3, -0.25) is 4.79 Å². The zero-order valence-electron chi connectivity index (χ0n) is 9.60. The third kappa shape index (κ3) is 4.30. The molecule has 0 saturated heterocycles. The van der Waals surface area contributed by atoms with Gasteiger partial charge < -0.3 is 15.8 Å². The summed E-state index contributed by atoms with van der Waals surface area (Å²) in [6.45, 7) is 2.34. The van der Waals surface area contributed by atoms with Crippen LogP contribution in [-0.2, 0) is 16.0 Å². The number of carbonyl (C=O) groups excluding carboxylic acids is 1. The van der Waals surface area contributed by atoms with Gasteiger partial charge in [0, 0.05) is 13.2 Å². The number of thiophene rings is 1. The van der Waals surface area contributed by atoms with Gasteiger partial charge in [-0.1, -0.05) is 0 Å². The molecule has 5 heteroatoms. The van der Waals surface area contributed by atoms with E-state index in [-0.39, 0.29) is 11.9 Å². The van der Waals surface area contributed by atoms with Crippen LogP contribution in [0.5, 0.6) is 0 Å². The molecule has 2 unspecified atom stereocenters. The first-order valence-corrected chi connectivity index (χ1v) is 6.13. The van der Waals surface area contributed by atoms with Crippen LogP contribution in [0.4, 0.5) is 0 Å². The van der Waals surface area contributed by atoms with Gasteiger partial charge in [0.05, 0.1) is 6.61 Å². The summed E-state index contributed by atoms with van der Waals surface area (Å²) in [7, 11) is 1.56. The molecule has 0 bridgehead atoms. The lowest BCUT2D eigenvalue weighted by molar-refractivity contribution is -0.121. The molecule has 1 rings (SSSR count). The normalized spacial score (nSPS) is 14.6. The summed E-state index contributed by atoms with van der Waals surface area (Å²) >= 11 is 1.67. The number of rotatable bonds is 7. The number of methoxy groups -OCH3 is 1. The summed E-state index contributed by atoms with van der Waals surface area (Å²) in [5.74, 6) is -0.376. The number of amides is 1. The highest BCUT2D eigenvalue weighted by molar-refractivity contribution is 7.07. The maximum absolute atomic E-state index is 11.1. The standard InChI is InChI=1S/C11H18N2O2S/c1-8(5-9-3-4-16-7-9)13-10(6-15-2)11(12)14/h3-4,7-8,10,13H,5-6H2,1-2H3,(H2,12,14). The van der Waals surface area contributed by atoms with Crippen LogP contribution in [0, 0.1) is 0 Å². The van der Waals surface area contributed by atoms with E-state index in [4.69, 9.17) is 10.5 Å². The van der Waals surface area contributed by atoms with Crippen molar-refractivity contribution in [2.24, 2.45) is 5.73 Å². The predicted octanol–water partition coefficient (Wildman–Crippen LogP) is 0.769. The molecule has 0 aliphatic heterocycles. The van der Waals surface area contributed by atoms with Gasteiger partial charge in [0.25, 0.3) is 0 Å². The molecule has 1 amide bonds.